The topological polar surface area (TPSA) is 76.8 Å². The SMILES string of the molecule is COC(CN)CC(=O)NCC(c1ccc(Cl)cc1)N1CCOC(C)(C)C1.Cl.Cl. The van der Waals surface area contributed by atoms with Gasteiger partial charge in [0.2, 0.25) is 5.91 Å². The molecule has 2 atom stereocenters. The van der Waals surface area contributed by atoms with Crippen LogP contribution in [-0.2, 0) is 14.3 Å². The highest BCUT2D eigenvalue weighted by molar-refractivity contribution is 6.30. The molecular formula is C19H32Cl3N3O3. The lowest BCUT2D eigenvalue weighted by Crippen LogP contribution is -2.51. The smallest absolute Gasteiger partial charge is 0.222 e. The Morgan fingerprint density at radius 2 is 2.00 bits per heavy atom. The molecule has 0 saturated carbocycles. The number of halogens is 3. The van der Waals surface area contributed by atoms with Crippen molar-refractivity contribution in [2.45, 2.75) is 38.0 Å². The Morgan fingerprint density at radius 3 is 2.54 bits per heavy atom. The van der Waals surface area contributed by atoms with E-state index in [9.17, 15) is 4.79 Å². The Balaban J connectivity index is 0.00000364. The fourth-order valence-corrected chi connectivity index (χ4v) is 3.34. The van der Waals surface area contributed by atoms with E-state index in [-0.39, 0.29) is 54.9 Å². The fourth-order valence-electron chi connectivity index (χ4n) is 3.21. The predicted octanol–water partition coefficient (Wildman–Crippen LogP) is 2.82. The number of hydrogen-bond acceptors (Lipinski definition) is 5. The number of ether oxygens (including phenoxy) is 2. The molecule has 1 saturated heterocycles. The summed E-state index contributed by atoms with van der Waals surface area (Å²) in [7, 11) is 1.57. The maximum Gasteiger partial charge on any atom is 0.222 e. The predicted molar refractivity (Wildman–Crippen MR) is 118 cm³/mol. The molecule has 6 nitrogen and oxygen atoms in total. The van der Waals surface area contributed by atoms with Crippen molar-refractivity contribution in [2.24, 2.45) is 5.73 Å². The molecule has 1 aliphatic rings. The molecule has 2 unspecified atom stereocenters. The standard InChI is InChI=1S/C19H30ClN3O3.2ClH/c1-19(2)13-23(8-9-26-19)17(14-4-6-15(20)7-5-14)12-22-18(24)10-16(11-21)25-3;;/h4-7,16-17H,8-13,21H2,1-3H3,(H,22,24);2*1H. The van der Waals surface area contributed by atoms with Gasteiger partial charge in [-0.3, -0.25) is 9.69 Å². The van der Waals surface area contributed by atoms with Crippen molar-refractivity contribution in [1.29, 1.82) is 0 Å². The van der Waals surface area contributed by atoms with E-state index in [1.807, 2.05) is 24.3 Å². The molecule has 28 heavy (non-hydrogen) atoms. The molecule has 0 aromatic heterocycles. The number of amides is 1. The highest BCUT2D eigenvalue weighted by Gasteiger charge is 2.32. The van der Waals surface area contributed by atoms with E-state index in [4.69, 9.17) is 26.8 Å². The van der Waals surface area contributed by atoms with Crippen LogP contribution in [0, 0.1) is 0 Å². The minimum atomic E-state index is -0.258. The molecule has 9 heteroatoms. The van der Waals surface area contributed by atoms with Crippen LogP contribution in [0.2, 0.25) is 5.02 Å². The van der Waals surface area contributed by atoms with Crippen LogP contribution in [0.5, 0.6) is 0 Å². The van der Waals surface area contributed by atoms with Crippen molar-refractivity contribution in [3.8, 4) is 0 Å². The molecule has 0 bridgehead atoms. The van der Waals surface area contributed by atoms with E-state index < -0.39 is 0 Å². The first kappa shape index (κ1) is 27.4. The first-order chi connectivity index (χ1) is 12.3. The van der Waals surface area contributed by atoms with Crippen LogP contribution in [0.25, 0.3) is 0 Å². The highest BCUT2D eigenvalue weighted by Crippen LogP contribution is 2.27. The van der Waals surface area contributed by atoms with Gasteiger partial charge in [-0.05, 0) is 31.5 Å². The lowest BCUT2D eigenvalue weighted by atomic mass is 10.0. The number of nitrogens with one attached hydrogen (secondary N) is 1. The molecule has 0 radical (unpaired) electrons. The third-order valence-corrected chi connectivity index (χ3v) is 4.90. The molecule has 1 aliphatic heterocycles. The molecule has 3 N–H and O–H groups in total. The summed E-state index contributed by atoms with van der Waals surface area (Å²) in [5.41, 5.74) is 6.51. The van der Waals surface area contributed by atoms with Crippen molar-refractivity contribution in [3.05, 3.63) is 34.9 Å². The second-order valence-corrected chi connectivity index (χ2v) is 7.68. The fraction of sp³-hybridized carbons (Fsp3) is 0.632. The second kappa shape index (κ2) is 12.9. The van der Waals surface area contributed by atoms with Crippen molar-refractivity contribution in [3.63, 3.8) is 0 Å². The average molecular weight is 457 g/mol. The van der Waals surface area contributed by atoms with Gasteiger partial charge in [0.25, 0.3) is 0 Å². The van der Waals surface area contributed by atoms with E-state index in [0.717, 1.165) is 18.7 Å². The summed E-state index contributed by atoms with van der Waals surface area (Å²) in [6.07, 6.45) is 0.000817. The van der Waals surface area contributed by atoms with Crippen molar-refractivity contribution in [2.75, 3.05) is 39.9 Å². The van der Waals surface area contributed by atoms with Crippen LogP contribution < -0.4 is 11.1 Å². The number of carbonyl (C=O) groups excluding carboxylic acids is 1. The lowest BCUT2D eigenvalue weighted by molar-refractivity contribution is -0.124. The molecular weight excluding hydrogens is 425 g/mol. The molecule has 1 fully saturated rings. The molecule has 1 heterocycles. The third-order valence-electron chi connectivity index (χ3n) is 4.65. The van der Waals surface area contributed by atoms with Crippen molar-refractivity contribution >= 4 is 42.3 Å². The lowest BCUT2D eigenvalue weighted by Gasteiger charge is -2.42. The first-order valence-corrected chi connectivity index (χ1v) is 9.35. The zero-order valence-electron chi connectivity index (χ0n) is 16.7. The monoisotopic (exact) mass is 455 g/mol. The number of nitrogens with zero attached hydrogens (tertiary/aromatic N) is 1. The first-order valence-electron chi connectivity index (χ1n) is 8.97. The Labute approximate surface area is 185 Å². The number of carbonyl (C=O) groups is 1. The molecule has 2 rings (SSSR count). The van der Waals surface area contributed by atoms with Crippen LogP contribution >= 0.6 is 36.4 Å². The Bertz CT molecular complexity index is 584. The molecule has 1 amide bonds. The van der Waals surface area contributed by atoms with Gasteiger partial charge in [0.15, 0.2) is 0 Å². The van der Waals surface area contributed by atoms with Gasteiger partial charge in [-0.2, -0.15) is 0 Å². The van der Waals surface area contributed by atoms with Gasteiger partial charge < -0.3 is 20.5 Å². The molecule has 1 aromatic rings. The Morgan fingerprint density at radius 1 is 1.36 bits per heavy atom. The number of methoxy groups -OCH3 is 1. The van der Waals surface area contributed by atoms with Gasteiger partial charge in [0, 0.05) is 38.3 Å². The minimum absolute atomic E-state index is 0. The molecule has 162 valence electrons. The van der Waals surface area contributed by atoms with Crippen LogP contribution in [0.3, 0.4) is 0 Å². The molecule has 0 spiro atoms. The third kappa shape index (κ3) is 8.41. The van der Waals surface area contributed by atoms with E-state index in [1.165, 1.54) is 0 Å². The summed E-state index contributed by atoms with van der Waals surface area (Å²) in [6, 6.07) is 7.84. The van der Waals surface area contributed by atoms with Crippen LogP contribution in [0.15, 0.2) is 24.3 Å². The summed E-state index contributed by atoms with van der Waals surface area (Å²) in [6.45, 7) is 7.28. The van der Waals surface area contributed by atoms with Gasteiger partial charge in [-0.15, -0.1) is 24.8 Å². The number of nitrogens with two attached hydrogens (primary N) is 1. The van der Waals surface area contributed by atoms with Crippen LogP contribution in [0.4, 0.5) is 0 Å². The second-order valence-electron chi connectivity index (χ2n) is 7.25. The summed E-state index contributed by atoms with van der Waals surface area (Å²) < 4.78 is 11.0. The van der Waals surface area contributed by atoms with Gasteiger partial charge in [-0.1, -0.05) is 23.7 Å². The normalized spacial score (nSPS) is 18.3. The van der Waals surface area contributed by atoms with Crippen molar-refractivity contribution in [1.82, 2.24) is 10.2 Å². The van der Waals surface area contributed by atoms with Gasteiger partial charge in [0.1, 0.15) is 0 Å². The number of morpholine rings is 1. The molecule has 0 aliphatic carbocycles. The zero-order valence-corrected chi connectivity index (χ0v) is 19.0. The highest BCUT2D eigenvalue weighted by atomic mass is 35.5. The maximum atomic E-state index is 12.3. The quantitative estimate of drug-likeness (QED) is 0.629. The van der Waals surface area contributed by atoms with E-state index in [2.05, 4.69) is 24.1 Å². The van der Waals surface area contributed by atoms with E-state index in [1.54, 1.807) is 7.11 Å². The van der Waals surface area contributed by atoms with E-state index >= 15 is 0 Å². The van der Waals surface area contributed by atoms with Gasteiger partial charge in [-0.25, -0.2) is 0 Å². The van der Waals surface area contributed by atoms with Crippen molar-refractivity contribution < 1.29 is 14.3 Å². The van der Waals surface area contributed by atoms with E-state index in [0.29, 0.717) is 24.7 Å². The largest absolute Gasteiger partial charge is 0.380 e. The maximum absolute atomic E-state index is 12.3. The van der Waals surface area contributed by atoms with Crippen LogP contribution in [-0.4, -0.2) is 62.4 Å². The summed E-state index contributed by atoms with van der Waals surface area (Å²) in [5.74, 6) is -0.0613. The van der Waals surface area contributed by atoms with Gasteiger partial charge in [0.05, 0.1) is 30.8 Å². The van der Waals surface area contributed by atoms with Gasteiger partial charge >= 0.3 is 0 Å². The summed E-state index contributed by atoms with van der Waals surface area (Å²) in [4.78, 5) is 14.6. The Kier molecular flexibility index (Phi) is 12.6. The number of benzene rings is 1. The summed E-state index contributed by atoms with van der Waals surface area (Å²) >= 11 is 6.04. The number of hydrogen-bond donors (Lipinski definition) is 2. The molecule has 1 aromatic carbocycles. The summed E-state index contributed by atoms with van der Waals surface area (Å²) in [5, 5.41) is 3.73. The number of rotatable bonds is 8. The minimum Gasteiger partial charge on any atom is -0.380 e. The average Bonchev–Trinajstić information content (AvgIpc) is 2.60. The van der Waals surface area contributed by atoms with Crippen LogP contribution in [0.1, 0.15) is 31.9 Å². The Hall–Kier alpha value is -0.600. The zero-order chi connectivity index (χ0) is 19.2.